The van der Waals surface area contributed by atoms with E-state index in [4.69, 9.17) is 4.74 Å². The zero-order valence-electron chi connectivity index (χ0n) is 15.7. The van der Waals surface area contributed by atoms with E-state index in [9.17, 15) is 9.18 Å². The number of esters is 1. The second-order valence-corrected chi connectivity index (χ2v) is 8.69. The van der Waals surface area contributed by atoms with Crippen molar-refractivity contribution >= 4 is 5.97 Å². The van der Waals surface area contributed by atoms with E-state index in [0.29, 0.717) is 6.42 Å². The maximum Gasteiger partial charge on any atom is 0.309 e. The summed E-state index contributed by atoms with van der Waals surface area (Å²) < 4.78 is 18.9. The molecule has 0 radical (unpaired) electrons. The zero-order chi connectivity index (χ0) is 18.1. The summed E-state index contributed by atoms with van der Waals surface area (Å²) in [5, 5.41) is 0. The molecule has 1 aliphatic heterocycles. The Bertz CT molecular complexity index is 569. The van der Waals surface area contributed by atoms with Crippen LogP contribution in [0.3, 0.4) is 0 Å². The minimum absolute atomic E-state index is 0.0159. The van der Waals surface area contributed by atoms with Crippen molar-refractivity contribution in [2.75, 3.05) is 6.54 Å². The van der Waals surface area contributed by atoms with Crippen molar-refractivity contribution in [2.45, 2.75) is 71.6 Å². The molecule has 1 fully saturated rings. The van der Waals surface area contributed by atoms with Gasteiger partial charge in [0.15, 0.2) is 0 Å². The number of hydrogen-bond donors (Lipinski definition) is 0. The highest BCUT2D eigenvalue weighted by Gasteiger charge is 2.39. The first kappa shape index (κ1) is 18.9. The number of ether oxygens (including phenoxy) is 1. The fraction of sp³-hybridized carbons (Fsp3) is 0.650. The molecule has 24 heavy (non-hydrogen) atoms. The van der Waals surface area contributed by atoms with Gasteiger partial charge in [-0.1, -0.05) is 12.1 Å². The van der Waals surface area contributed by atoms with Gasteiger partial charge in [0, 0.05) is 18.1 Å². The normalized spacial score (nSPS) is 23.1. The lowest BCUT2D eigenvalue weighted by Crippen LogP contribution is -2.49. The van der Waals surface area contributed by atoms with Crippen molar-refractivity contribution in [2.24, 2.45) is 5.92 Å². The van der Waals surface area contributed by atoms with Crippen molar-refractivity contribution in [3.63, 3.8) is 0 Å². The number of piperidine rings is 1. The van der Waals surface area contributed by atoms with Crippen molar-refractivity contribution in [3.05, 3.63) is 35.6 Å². The average Bonchev–Trinajstić information content (AvgIpc) is 2.44. The lowest BCUT2D eigenvalue weighted by atomic mass is 9.84. The Morgan fingerprint density at radius 1 is 1.12 bits per heavy atom. The maximum atomic E-state index is 13.3. The third-order valence-corrected chi connectivity index (χ3v) is 4.46. The molecule has 3 nitrogen and oxygen atoms in total. The lowest BCUT2D eigenvalue weighted by Gasteiger charge is -2.46. The molecule has 1 saturated heterocycles. The minimum atomic E-state index is -0.469. The second-order valence-electron chi connectivity index (χ2n) is 8.69. The van der Waals surface area contributed by atoms with Crippen LogP contribution < -0.4 is 0 Å². The number of rotatable bonds is 2. The van der Waals surface area contributed by atoms with Gasteiger partial charge in [-0.2, -0.15) is 0 Å². The Hall–Kier alpha value is -1.42. The molecule has 1 heterocycles. The quantitative estimate of drug-likeness (QED) is 0.733. The van der Waals surface area contributed by atoms with Crippen LogP contribution in [0.2, 0.25) is 0 Å². The first-order valence-corrected chi connectivity index (χ1v) is 8.72. The predicted molar refractivity (Wildman–Crippen MR) is 94.2 cm³/mol. The molecule has 4 heteroatoms. The van der Waals surface area contributed by atoms with E-state index < -0.39 is 5.60 Å². The molecule has 1 unspecified atom stereocenters. The number of likely N-dealkylation sites (tertiary alicyclic amines) is 1. The standard InChI is InChI=1S/C20H30FNO2/c1-19(2,3)22-12-11-15(18(23)24-20(4,5)6)13-17(22)14-7-9-16(21)10-8-14/h7-10,15,17H,11-13H2,1-6H3/t15?,17-/m0/s1. The average molecular weight is 335 g/mol. The molecule has 134 valence electrons. The number of carbonyl (C=O) groups is 1. The van der Waals surface area contributed by atoms with Crippen LogP contribution in [-0.2, 0) is 9.53 Å². The molecular formula is C20H30FNO2. The van der Waals surface area contributed by atoms with Gasteiger partial charge >= 0.3 is 5.97 Å². The van der Waals surface area contributed by atoms with E-state index in [-0.39, 0.29) is 29.3 Å². The number of benzene rings is 1. The number of hydrogen-bond acceptors (Lipinski definition) is 3. The van der Waals surface area contributed by atoms with E-state index in [1.807, 2.05) is 32.9 Å². The van der Waals surface area contributed by atoms with Crippen molar-refractivity contribution in [1.82, 2.24) is 4.90 Å². The topological polar surface area (TPSA) is 29.5 Å². The van der Waals surface area contributed by atoms with Crippen LogP contribution in [0.5, 0.6) is 0 Å². The zero-order valence-corrected chi connectivity index (χ0v) is 15.7. The highest BCUT2D eigenvalue weighted by atomic mass is 19.1. The SMILES string of the molecule is CC(C)(C)OC(=O)C1CCN(C(C)(C)C)[C@H](c2ccc(F)cc2)C1. The molecule has 0 aliphatic carbocycles. The highest BCUT2D eigenvalue weighted by Crippen LogP contribution is 2.39. The van der Waals surface area contributed by atoms with Crippen LogP contribution in [0.25, 0.3) is 0 Å². The lowest BCUT2D eigenvalue weighted by molar-refractivity contribution is -0.163. The molecule has 0 bridgehead atoms. The summed E-state index contributed by atoms with van der Waals surface area (Å²) in [6, 6.07) is 6.74. The summed E-state index contributed by atoms with van der Waals surface area (Å²) >= 11 is 0. The van der Waals surface area contributed by atoms with E-state index in [2.05, 4.69) is 25.7 Å². The van der Waals surface area contributed by atoms with Crippen molar-refractivity contribution in [3.8, 4) is 0 Å². The fourth-order valence-corrected chi connectivity index (χ4v) is 3.37. The number of halogens is 1. The van der Waals surface area contributed by atoms with Gasteiger partial charge in [-0.05, 0) is 72.1 Å². The molecule has 0 N–H and O–H groups in total. The largest absolute Gasteiger partial charge is 0.460 e. The van der Waals surface area contributed by atoms with Gasteiger partial charge in [-0.3, -0.25) is 9.69 Å². The van der Waals surface area contributed by atoms with Crippen molar-refractivity contribution in [1.29, 1.82) is 0 Å². The first-order valence-electron chi connectivity index (χ1n) is 8.72. The molecule has 1 aromatic rings. The Kier molecular flexibility index (Phi) is 5.38. The van der Waals surface area contributed by atoms with Gasteiger partial charge in [0.05, 0.1) is 5.92 Å². The highest BCUT2D eigenvalue weighted by molar-refractivity contribution is 5.73. The third kappa shape index (κ3) is 4.79. The predicted octanol–water partition coefficient (Wildman–Crippen LogP) is 4.72. The molecule has 2 rings (SSSR count). The molecule has 2 atom stereocenters. The monoisotopic (exact) mass is 335 g/mol. The van der Waals surface area contributed by atoms with E-state index >= 15 is 0 Å². The molecule has 0 saturated carbocycles. The summed E-state index contributed by atoms with van der Waals surface area (Å²) in [7, 11) is 0. The van der Waals surface area contributed by atoms with Crippen LogP contribution in [0.15, 0.2) is 24.3 Å². The smallest absolute Gasteiger partial charge is 0.309 e. The Morgan fingerprint density at radius 2 is 1.71 bits per heavy atom. The summed E-state index contributed by atoms with van der Waals surface area (Å²) in [6.07, 6.45) is 1.50. The maximum absolute atomic E-state index is 13.3. The van der Waals surface area contributed by atoms with Gasteiger partial charge in [0.2, 0.25) is 0 Å². The fourth-order valence-electron chi connectivity index (χ4n) is 3.37. The van der Waals surface area contributed by atoms with E-state index in [1.54, 1.807) is 0 Å². The Labute approximate surface area is 145 Å². The van der Waals surface area contributed by atoms with Crippen LogP contribution in [-0.4, -0.2) is 28.6 Å². The van der Waals surface area contributed by atoms with Gasteiger partial charge in [0.1, 0.15) is 11.4 Å². The molecule has 0 amide bonds. The molecule has 0 spiro atoms. The number of carbonyl (C=O) groups excluding carboxylic acids is 1. The van der Waals surface area contributed by atoms with Gasteiger partial charge in [-0.15, -0.1) is 0 Å². The molecular weight excluding hydrogens is 305 g/mol. The van der Waals surface area contributed by atoms with Gasteiger partial charge in [-0.25, -0.2) is 4.39 Å². The van der Waals surface area contributed by atoms with Gasteiger partial charge in [0.25, 0.3) is 0 Å². The minimum Gasteiger partial charge on any atom is -0.460 e. The van der Waals surface area contributed by atoms with Crippen molar-refractivity contribution < 1.29 is 13.9 Å². The van der Waals surface area contributed by atoms with Crippen LogP contribution in [0.1, 0.15) is 66.0 Å². The van der Waals surface area contributed by atoms with Gasteiger partial charge < -0.3 is 4.74 Å². The second kappa shape index (κ2) is 6.83. The summed E-state index contributed by atoms with van der Waals surface area (Å²) in [5.74, 6) is -0.471. The summed E-state index contributed by atoms with van der Waals surface area (Å²) in [4.78, 5) is 14.9. The van der Waals surface area contributed by atoms with Crippen LogP contribution in [0.4, 0.5) is 4.39 Å². The van der Waals surface area contributed by atoms with E-state index in [1.165, 1.54) is 12.1 Å². The Balaban J connectivity index is 2.23. The van der Waals surface area contributed by atoms with Crippen LogP contribution in [0, 0.1) is 11.7 Å². The summed E-state index contributed by atoms with van der Waals surface area (Å²) in [5.41, 5.74) is 0.571. The molecule has 1 aliphatic rings. The third-order valence-electron chi connectivity index (χ3n) is 4.46. The van der Waals surface area contributed by atoms with Crippen LogP contribution >= 0.6 is 0 Å². The molecule has 0 aromatic heterocycles. The number of nitrogens with zero attached hydrogens (tertiary/aromatic N) is 1. The molecule has 1 aromatic carbocycles. The Morgan fingerprint density at radius 3 is 2.21 bits per heavy atom. The first-order chi connectivity index (χ1) is 11.0. The van der Waals surface area contributed by atoms with E-state index in [0.717, 1.165) is 18.5 Å². The summed E-state index contributed by atoms with van der Waals surface area (Å²) in [6.45, 7) is 13.0.